The predicted octanol–water partition coefficient (Wildman–Crippen LogP) is 3.46. The molecule has 28 heavy (non-hydrogen) atoms. The number of hydrogen-bond donors (Lipinski definition) is 2. The first kappa shape index (κ1) is 20.0. The minimum absolute atomic E-state index is 0.366. The number of carbonyl (C=O) groups is 1. The van der Waals surface area contributed by atoms with Gasteiger partial charge in [0.05, 0.1) is 38.6 Å². The van der Waals surface area contributed by atoms with Crippen LogP contribution in [-0.2, 0) is 9.53 Å². The Morgan fingerprint density at radius 3 is 2.39 bits per heavy atom. The summed E-state index contributed by atoms with van der Waals surface area (Å²) in [6.45, 7) is 0. The highest BCUT2D eigenvalue weighted by Gasteiger charge is 2.35. The molecule has 1 aliphatic heterocycles. The number of methoxy groups -OCH3 is 3. The molecule has 0 fully saturated rings. The van der Waals surface area contributed by atoms with Crippen LogP contribution in [-0.4, -0.2) is 32.4 Å². The number of thiocarbonyl (C=S) groups is 1. The van der Waals surface area contributed by atoms with Crippen molar-refractivity contribution in [2.45, 2.75) is 6.04 Å². The fraction of sp³-hybridized carbons (Fsp3) is 0.200. The third-order valence-electron chi connectivity index (χ3n) is 4.35. The number of nitrogens with one attached hydrogen (secondary N) is 2. The molecule has 2 N–H and O–H groups in total. The number of benzene rings is 2. The average Bonchev–Trinajstić information content (AvgIpc) is 2.72. The summed E-state index contributed by atoms with van der Waals surface area (Å²) in [7, 11) is 4.43. The van der Waals surface area contributed by atoms with Crippen LogP contribution >= 0.6 is 23.8 Å². The zero-order valence-electron chi connectivity index (χ0n) is 15.5. The minimum Gasteiger partial charge on any atom is -0.493 e. The number of rotatable bonds is 5. The Morgan fingerprint density at radius 1 is 1.07 bits per heavy atom. The summed E-state index contributed by atoms with van der Waals surface area (Å²) in [4.78, 5) is 12.8. The highest BCUT2D eigenvalue weighted by atomic mass is 35.5. The van der Waals surface area contributed by atoms with E-state index in [-0.39, 0.29) is 0 Å². The molecule has 0 spiro atoms. The molecule has 0 radical (unpaired) electrons. The van der Waals surface area contributed by atoms with Gasteiger partial charge in [0.25, 0.3) is 0 Å². The van der Waals surface area contributed by atoms with Gasteiger partial charge in [-0.3, -0.25) is 0 Å². The summed E-state index contributed by atoms with van der Waals surface area (Å²) in [5.41, 5.74) is 2.35. The fourth-order valence-electron chi connectivity index (χ4n) is 3.11. The summed E-state index contributed by atoms with van der Waals surface area (Å²) in [5.74, 6) is 0.551. The second-order valence-electron chi connectivity index (χ2n) is 5.90. The van der Waals surface area contributed by atoms with Crippen LogP contribution < -0.4 is 20.1 Å². The third kappa shape index (κ3) is 3.76. The van der Waals surface area contributed by atoms with Crippen LogP contribution in [0.1, 0.15) is 17.2 Å². The van der Waals surface area contributed by atoms with Crippen molar-refractivity contribution in [3.63, 3.8) is 0 Å². The number of esters is 1. The Labute approximate surface area is 173 Å². The van der Waals surface area contributed by atoms with E-state index in [1.54, 1.807) is 44.6 Å². The summed E-state index contributed by atoms with van der Waals surface area (Å²) in [6.07, 6.45) is 0. The zero-order valence-corrected chi connectivity index (χ0v) is 17.1. The molecule has 1 atom stereocenters. The van der Waals surface area contributed by atoms with Crippen LogP contribution in [0.25, 0.3) is 5.70 Å². The highest BCUT2D eigenvalue weighted by molar-refractivity contribution is 7.80. The molecule has 2 aromatic rings. The van der Waals surface area contributed by atoms with E-state index in [9.17, 15) is 4.79 Å². The van der Waals surface area contributed by atoms with Gasteiger partial charge in [-0.05, 0) is 36.0 Å². The number of halogens is 1. The SMILES string of the molecule is COC(=O)C1=C(c2ccc(Cl)cc2)NC(=S)N[C@H]1c1cccc(OC)c1OC. The minimum atomic E-state index is -0.600. The number of carbonyl (C=O) groups excluding carboxylic acids is 1. The van der Waals surface area contributed by atoms with Crippen molar-refractivity contribution >= 4 is 40.6 Å². The second-order valence-corrected chi connectivity index (χ2v) is 6.75. The molecule has 0 saturated heterocycles. The lowest BCUT2D eigenvalue weighted by Gasteiger charge is -2.32. The number of ether oxygens (including phenoxy) is 3. The Morgan fingerprint density at radius 2 is 1.79 bits per heavy atom. The van der Waals surface area contributed by atoms with Gasteiger partial charge in [0.2, 0.25) is 0 Å². The molecule has 0 unspecified atom stereocenters. The van der Waals surface area contributed by atoms with E-state index in [0.717, 1.165) is 5.56 Å². The lowest BCUT2D eigenvalue weighted by Crippen LogP contribution is -2.45. The summed E-state index contributed by atoms with van der Waals surface area (Å²) in [6, 6.07) is 11.9. The molecular formula is C20H19ClN2O4S. The van der Waals surface area contributed by atoms with Crippen LogP contribution in [0.2, 0.25) is 5.02 Å². The Hall–Kier alpha value is -2.77. The zero-order chi connectivity index (χ0) is 20.3. The summed E-state index contributed by atoms with van der Waals surface area (Å²) in [5, 5.41) is 7.16. The van der Waals surface area contributed by atoms with E-state index in [1.807, 2.05) is 12.1 Å². The van der Waals surface area contributed by atoms with Crippen molar-refractivity contribution in [1.82, 2.24) is 10.6 Å². The average molecular weight is 419 g/mol. The van der Waals surface area contributed by atoms with Gasteiger partial charge in [-0.1, -0.05) is 35.9 Å². The van der Waals surface area contributed by atoms with Crippen molar-refractivity contribution in [2.75, 3.05) is 21.3 Å². The number of hydrogen-bond acceptors (Lipinski definition) is 5. The smallest absolute Gasteiger partial charge is 0.338 e. The summed E-state index contributed by atoms with van der Waals surface area (Å²) >= 11 is 11.4. The maximum Gasteiger partial charge on any atom is 0.338 e. The lowest BCUT2D eigenvalue weighted by molar-refractivity contribution is -0.136. The van der Waals surface area contributed by atoms with E-state index in [1.165, 1.54) is 7.11 Å². The lowest BCUT2D eigenvalue weighted by atomic mass is 9.92. The normalized spacial score (nSPS) is 16.1. The first-order valence-corrected chi connectivity index (χ1v) is 9.15. The molecule has 0 aliphatic carbocycles. The Balaban J connectivity index is 2.25. The van der Waals surface area contributed by atoms with E-state index in [0.29, 0.717) is 38.5 Å². The van der Waals surface area contributed by atoms with Gasteiger partial charge >= 0.3 is 5.97 Å². The maximum absolute atomic E-state index is 12.8. The van der Waals surface area contributed by atoms with Gasteiger partial charge in [0, 0.05) is 10.6 Å². The fourth-order valence-corrected chi connectivity index (χ4v) is 3.46. The van der Waals surface area contributed by atoms with Crippen molar-refractivity contribution in [3.8, 4) is 11.5 Å². The molecule has 0 saturated carbocycles. The first-order chi connectivity index (χ1) is 13.5. The van der Waals surface area contributed by atoms with Gasteiger partial charge in [-0.2, -0.15) is 0 Å². The van der Waals surface area contributed by atoms with Crippen LogP contribution in [0, 0.1) is 0 Å². The van der Waals surface area contributed by atoms with Gasteiger partial charge < -0.3 is 24.8 Å². The second kappa shape index (κ2) is 8.50. The van der Waals surface area contributed by atoms with Crippen LogP contribution in [0.4, 0.5) is 0 Å². The van der Waals surface area contributed by atoms with E-state index < -0.39 is 12.0 Å². The van der Waals surface area contributed by atoms with Crippen molar-refractivity contribution < 1.29 is 19.0 Å². The standard InChI is InChI=1S/C20H19ClN2O4S/c1-25-14-6-4-5-13(18(14)26-2)17-15(19(24)27-3)16(22-20(28)23-17)11-7-9-12(21)10-8-11/h4-10,17H,1-3H3,(H2,22,23,28)/t17-/m0/s1. The van der Waals surface area contributed by atoms with Crippen LogP contribution in [0.15, 0.2) is 48.0 Å². The number of para-hydroxylation sites is 1. The monoisotopic (exact) mass is 418 g/mol. The highest BCUT2D eigenvalue weighted by Crippen LogP contribution is 2.40. The van der Waals surface area contributed by atoms with Crippen molar-refractivity contribution in [2.24, 2.45) is 0 Å². The third-order valence-corrected chi connectivity index (χ3v) is 4.83. The van der Waals surface area contributed by atoms with Gasteiger partial charge in [0.1, 0.15) is 0 Å². The predicted molar refractivity (Wildman–Crippen MR) is 112 cm³/mol. The van der Waals surface area contributed by atoms with E-state index in [4.69, 9.17) is 38.0 Å². The largest absolute Gasteiger partial charge is 0.493 e. The topological polar surface area (TPSA) is 68.8 Å². The van der Waals surface area contributed by atoms with Crippen molar-refractivity contribution in [3.05, 3.63) is 64.2 Å². The van der Waals surface area contributed by atoms with Gasteiger partial charge in [0.15, 0.2) is 16.6 Å². The maximum atomic E-state index is 12.8. The molecule has 0 aromatic heterocycles. The quantitative estimate of drug-likeness (QED) is 0.569. The van der Waals surface area contributed by atoms with Gasteiger partial charge in [-0.25, -0.2) is 4.79 Å². The van der Waals surface area contributed by atoms with Crippen LogP contribution in [0.3, 0.4) is 0 Å². The van der Waals surface area contributed by atoms with Crippen molar-refractivity contribution in [1.29, 1.82) is 0 Å². The molecule has 3 rings (SSSR count). The molecule has 0 bridgehead atoms. The Kier molecular flexibility index (Phi) is 6.06. The molecule has 146 valence electrons. The molecule has 1 aliphatic rings. The first-order valence-electron chi connectivity index (χ1n) is 8.37. The molecule has 0 amide bonds. The van der Waals surface area contributed by atoms with Gasteiger partial charge in [-0.15, -0.1) is 0 Å². The molecule has 8 heteroatoms. The summed E-state index contributed by atoms with van der Waals surface area (Å²) < 4.78 is 16.0. The van der Waals surface area contributed by atoms with Crippen LogP contribution in [0.5, 0.6) is 11.5 Å². The van der Waals surface area contributed by atoms with E-state index in [2.05, 4.69) is 10.6 Å². The van der Waals surface area contributed by atoms with E-state index >= 15 is 0 Å². The molecule has 1 heterocycles. The molecular weight excluding hydrogens is 400 g/mol. The molecule has 6 nitrogen and oxygen atoms in total. The molecule has 2 aromatic carbocycles. The Bertz CT molecular complexity index is 944.